The second kappa shape index (κ2) is 9.39. The van der Waals surface area contributed by atoms with E-state index < -0.39 is 0 Å². The lowest BCUT2D eigenvalue weighted by atomic mass is 9.92. The van der Waals surface area contributed by atoms with E-state index in [-0.39, 0.29) is 17.6 Å². The molecule has 2 aromatic rings. The molecule has 0 N–H and O–H groups in total. The van der Waals surface area contributed by atoms with Gasteiger partial charge in [-0.25, -0.2) is 0 Å². The molecular weight excluding hydrogens is 376 g/mol. The number of piperidine rings is 1. The number of likely N-dealkylation sites (tertiary alicyclic amines) is 1. The highest BCUT2D eigenvalue weighted by molar-refractivity contribution is 5.96. The Balaban J connectivity index is 1.28. The fourth-order valence-corrected chi connectivity index (χ4v) is 4.42. The zero-order valence-electron chi connectivity index (χ0n) is 17.7. The van der Waals surface area contributed by atoms with Crippen molar-refractivity contribution in [1.29, 1.82) is 0 Å². The third-order valence-electron chi connectivity index (χ3n) is 6.16. The molecule has 1 amide bonds. The van der Waals surface area contributed by atoms with Gasteiger partial charge in [-0.2, -0.15) is 0 Å². The zero-order chi connectivity index (χ0) is 20.9. The molecule has 30 heavy (non-hydrogen) atoms. The van der Waals surface area contributed by atoms with Crippen LogP contribution in [0.3, 0.4) is 0 Å². The Bertz CT molecular complexity index is 878. The van der Waals surface area contributed by atoms with Crippen LogP contribution >= 0.6 is 0 Å². The maximum atomic E-state index is 12.9. The number of carbonyl (C=O) groups excluding carboxylic acids is 2. The topological polar surface area (TPSA) is 56.8 Å². The summed E-state index contributed by atoms with van der Waals surface area (Å²) in [4.78, 5) is 36.3. The molecule has 158 valence electrons. The highest BCUT2D eigenvalue weighted by Gasteiger charge is 2.30. The molecule has 2 aliphatic heterocycles. The van der Waals surface area contributed by atoms with Gasteiger partial charge in [-0.05, 0) is 49.6 Å². The quantitative estimate of drug-likeness (QED) is 0.715. The number of amides is 1. The monoisotopic (exact) mass is 406 g/mol. The fraction of sp³-hybridized carbons (Fsp3) is 0.458. The van der Waals surface area contributed by atoms with E-state index in [0.717, 1.165) is 45.6 Å². The molecule has 6 nitrogen and oxygen atoms in total. The third-order valence-corrected chi connectivity index (χ3v) is 6.16. The average molecular weight is 407 g/mol. The van der Waals surface area contributed by atoms with Crippen molar-refractivity contribution < 1.29 is 9.59 Å². The Morgan fingerprint density at radius 3 is 2.60 bits per heavy atom. The van der Waals surface area contributed by atoms with Crippen molar-refractivity contribution in [1.82, 2.24) is 14.8 Å². The van der Waals surface area contributed by atoms with Gasteiger partial charge in [0.15, 0.2) is 5.78 Å². The van der Waals surface area contributed by atoms with Gasteiger partial charge in [0.05, 0.1) is 6.54 Å². The lowest BCUT2D eigenvalue weighted by Crippen LogP contribution is -2.51. The predicted octanol–water partition coefficient (Wildman–Crippen LogP) is 2.63. The minimum atomic E-state index is -0.143. The van der Waals surface area contributed by atoms with Crippen LogP contribution in [-0.4, -0.2) is 72.3 Å². The molecule has 0 saturated carbocycles. The molecule has 1 aromatic heterocycles. The molecule has 2 fully saturated rings. The summed E-state index contributed by atoms with van der Waals surface area (Å²) in [5.41, 5.74) is 3.03. The summed E-state index contributed by atoms with van der Waals surface area (Å²) in [6, 6.07) is 14.0. The van der Waals surface area contributed by atoms with E-state index in [1.54, 1.807) is 12.3 Å². The Kier molecular flexibility index (Phi) is 6.43. The molecule has 0 aliphatic carbocycles. The average Bonchev–Trinajstić information content (AvgIpc) is 2.80. The lowest BCUT2D eigenvalue weighted by molar-refractivity contribution is -0.133. The number of ketones is 1. The number of carbonyl (C=O) groups is 2. The molecule has 1 unspecified atom stereocenters. The SMILES string of the molecule is Cc1cccc(N2CCN(CC(=O)N3CCCC(C(=O)c4ccccn4)C3)CC2)c1. The molecule has 2 saturated heterocycles. The first-order valence-corrected chi connectivity index (χ1v) is 10.9. The fourth-order valence-electron chi connectivity index (χ4n) is 4.42. The van der Waals surface area contributed by atoms with Crippen LogP contribution in [0.4, 0.5) is 5.69 Å². The minimum absolute atomic E-state index is 0.0554. The Labute approximate surface area is 178 Å². The molecule has 1 aromatic carbocycles. The van der Waals surface area contributed by atoms with Crippen molar-refractivity contribution in [2.45, 2.75) is 19.8 Å². The Hall–Kier alpha value is -2.73. The van der Waals surface area contributed by atoms with E-state index in [1.807, 2.05) is 17.0 Å². The summed E-state index contributed by atoms with van der Waals surface area (Å²) >= 11 is 0. The van der Waals surface area contributed by atoms with Gasteiger partial charge in [0, 0.05) is 57.1 Å². The van der Waals surface area contributed by atoms with Gasteiger partial charge in [-0.1, -0.05) is 18.2 Å². The van der Waals surface area contributed by atoms with Crippen molar-refractivity contribution in [3.63, 3.8) is 0 Å². The number of aryl methyl sites for hydroxylation is 1. The molecular formula is C24H30N4O2. The first-order valence-electron chi connectivity index (χ1n) is 10.9. The van der Waals surface area contributed by atoms with Gasteiger partial charge in [0.2, 0.25) is 5.91 Å². The summed E-state index contributed by atoms with van der Waals surface area (Å²) in [6.07, 6.45) is 3.35. The van der Waals surface area contributed by atoms with E-state index in [2.05, 4.69) is 46.0 Å². The Morgan fingerprint density at radius 2 is 1.87 bits per heavy atom. The van der Waals surface area contributed by atoms with Crippen LogP contribution in [-0.2, 0) is 4.79 Å². The maximum Gasteiger partial charge on any atom is 0.236 e. The standard InChI is InChI=1S/C24H30N4O2/c1-19-6-4-8-21(16-19)27-14-12-26(13-15-27)18-23(29)28-11-5-7-20(17-28)24(30)22-9-2-3-10-25-22/h2-4,6,8-10,16,20H,5,7,11-15,17-18H2,1H3. The van der Waals surface area contributed by atoms with Gasteiger partial charge in [0.25, 0.3) is 0 Å². The highest BCUT2D eigenvalue weighted by Crippen LogP contribution is 2.21. The lowest BCUT2D eigenvalue weighted by Gasteiger charge is -2.38. The molecule has 0 spiro atoms. The highest BCUT2D eigenvalue weighted by atomic mass is 16.2. The molecule has 0 radical (unpaired) electrons. The summed E-state index contributed by atoms with van der Waals surface area (Å²) in [5, 5.41) is 0. The second-order valence-corrected chi connectivity index (χ2v) is 8.36. The summed E-state index contributed by atoms with van der Waals surface area (Å²) < 4.78 is 0. The summed E-state index contributed by atoms with van der Waals surface area (Å²) in [7, 11) is 0. The van der Waals surface area contributed by atoms with Crippen LogP contribution in [0.1, 0.15) is 28.9 Å². The van der Waals surface area contributed by atoms with Gasteiger partial charge < -0.3 is 9.80 Å². The normalized spacial score (nSPS) is 20.2. The summed E-state index contributed by atoms with van der Waals surface area (Å²) in [6.45, 7) is 7.42. The number of hydrogen-bond donors (Lipinski definition) is 0. The second-order valence-electron chi connectivity index (χ2n) is 8.36. The number of anilines is 1. The first-order chi connectivity index (χ1) is 14.6. The molecule has 1 atom stereocenters. The first kappa shape index (κ1) is 20.5. The van der Waals surface area contributed by atoms with Crippen molar-refractivity contribution in [2.24, 2.45) is 5.92 Å². The third kappa shape index (κ3) is 4.87. The van der Waals surface area contributed by atoms with Crippen molar-refractivity contribution >= 4 is 17.4 Å². The van der Waals surface area contributed by atoms with Crippen molar-refractivity contribution in [3.05, 3.63) is 59.9 Å². The van der Waals surface area contributed by atoms with Gasteiger partial charge in [-0.3, -0.25) is 19.5 Å². The van der Waals surface area contributed by atoms with Gasteiger partial charge in [0.1, 0.15) is 5.69 Å². The number of hydrogen-bond acceptors (Lipinski definition) is 5. The maximum absolute atomic E-state index is 12.9. The van der Waals surface area contributed by atoms with Crippen LogP contribution < -0.4 is 4.90 Å². The molecule has 2 aliphatic rings. The predicted molar refractivity (Wildman–Crippen MR) is 118 cm³/mol. The summed E-state index contributed by atoms with van der Waals surface area (Å²) in [5.74, 6) is 0.0492. The van der Waals surface area contributed by atoms with Crippen LogP contribution in [0, 0.1) is 12.8 Å². The smallest absolute Gasteiger partial charge is 0.236 e. The van der Waals surface area contributed by atoms with Crippen LogP contribution in [0.2, 0.25) is 0 Å². The van der Waals surface area contributed by atoms with Crippen LogP contribution in [0.15, 0.2) is 48.7 Å². The van der Waals surface area contributed by atoms with E-state index in [0.29, 0.717) is 18.8 Å². The largest absolute Gasteiger partial charge is 0.369 e. The van der Waals surface area contributed by atoms with Gasteiger partial charge in [-0.15, -0.1) is 0 Å². The van der Waals surface area contributed by atoms with E-state index in [9.17, 15) is 9.59 Å². The van der Waals surface area contributed by atoms with Gasteiger partial charge >= 0.3 is 0 Å². The number of nitrogens with zero attached hydrogens (tertiary/aromatic N) is 4. The number of aromatic nitrogens is 1. The number of benzene rings is 1. The molecule has 6 heteroatoms. The minimum Gasteiger partial charge on any atom is -0.369 e. The Morgan fingerprint density at radius 1 is 1.03 bits per heavy atom. The zero-order valence-corrected chi connectivity index (χ0v) is 17.7. The number of rotatable bonds is 5. The van der Waals surface area contributed by atoms with Crippen molar-refractivity contribution in [3.8, 4) is 0 Å². The van der Waals surface area contributed by atoms with Crippen LogP contribution in [0.5, 0.6) is 0 Å². The molecule has 0 bridgehead atoms. The van der Waals surface area contributed by atoms with E-state index >= 15 is 0 Å². The number of Topliss-reactive ketones (excluding diaryl/α,β-unsaturated/α-hetero) is 1. The van der Waals surface area contributed by atoms with Crippen LogP contribution in [0.25, 0.3) is 0 Å². The molecule has 4 rings (SSSR count). The number of pyridine rings is 1. The van der Waals surface area contributed by atoms with E-state index in [1.165, 1.54) is 11.3 Å². The van der Waals surface area contributed by atoms with E-state index in [4.69, 9.17) is 0 Å². The number of piperazine rings is 1. The van der Waals surface area contributed by atoms with Crippen molar-refractivity contribution in [2.75, 3.05) is 50.7 Å². The molecule has 3 heterocycles.